The van der Waals surface area contributed by atoms with Gasteiger partial charge in [0.25, 0.3) is 0 Å². The summed E-state index contributed by atoms with van der Waals surface area (Å²) in [6, 6.07) is 8.15. The molecule has 86 valence electrons. The highest BCUT2D eigenvalue weighted by Crippen LogP contribution is 2.20. The first-order chi connectivity index (χ1) is 7.75. The molecule has 0 aliphatic carbocycles. The van der Waals surface area contributed by atoms with Crippen molar-refractivity contribution in [1.82, 2.24) is 0 Å². The zero-order valence-electron chi connectivity index (χ0n) is 9.48. The standard InChI is InChI=1S/C13H18N2O/c14-13(16)10-11-5-4-6-12(9-11)15-7-2-1-3-8-15/h4-6,9H,1-3,7-8,10H2,(H2,14,16). The average Bonchev–Trinajstić information content (AvgIpc) is 2.30. The highest BCUT2D eigenvalue weighted by Gasteiger charge is 2.11. The first kappa shape index (κ1) is 11.0. The van der Waals surface area contributed by atoms with Crippen molar-refractivity contribution in [3.05, 3.63) is 29.8 Å². The second-order valence-corrected chi connectivity index (χ2v) is 4.36. The van der Waals surface area contributed by atoms with Crippen molar-refractivity contribution in [2.75, 3.05) is 18.0 Å². The minimum absolute atomic E-state index is 0.268. The van der Waals surface area contributed by atoms with Gasteiger partial charge in [0.05, 0.1) is 6.42 Å². The Kier molecular flexibility index (Phi) is 3.44. The van der Waals surface area contributed by atoms with E-state index in [2.05, 4.69) is 17.0 Å². The summed E-state index contributed by atoms with van der Waals surface area (Å²) in [4.78, 5) is 13.2. The molecule has 1 aliphatic rings. The first-order valence-corrected chi connectivity index (χ1v) is 5.88. The van der Waals surface area contributed by atoms with E-state index in [-0.39, 0.29) is 5.91 Å². The van der Waals surface area contributed by atoms with E-state index in [4.69, 9.17) is 5.73 Å². The average molecular weight is 218 g/mol. The number of piperidine rings is 1. The number of carbonyl (C=O) groups is 1. The summed E-state index contributed by atoms with van der Waals surface area (Å²) in [5, 5.41) is 0. The summed E-state index contributed by atoms with van der Waals surface area (Å²) in [7, 11) is 0. The van der Waals surface area contributed by atoms with Gasteiger partial charge in [-0.15, -0.1) is 0 Å². The molecule has 0 aromatic heterocycles. The molecule has 0 atom stereocenters. The van der Waals surface area contributed by atoms with Crippen LogP contribution >= 0.6 is 0 Å². The predicted molar refractivity (Wildman–Crippen MR) is 65.4 cm³/mol. The van der Waals surface area contributed by atoms with E-state index in [9.17, 15) is 4.79 Å². The van der Waals surface area contributed by atoms with Crippen molar-refractivity contribution in [2.45, 2.75) is 25.7 Å². The van der Waals surface area contributed by atoms with E-state index >= 15 is 0 Å². The van der Waals surface area contributed by atoms with Crippen LogP contribution in [-0.2, 0) is 11.2 Å². The molecule has 1 aliphatic heterocycles. The van der Waals surface area contributed by atoms with Gasteiger partial charge < -0.3 is 10.6 Å². The quantitative estimate of drug-likeness (QED) is 0.839. The monoisotopic (exact) mass is 218 g/mol. The Hall–Kier alpha value is -1.51. The number of carbonyl (C=O) groups excluding carboxylic acids is 1. The third-order valence-corrected chi connectivity index (χ3v) is 3.01. The van der Waals surface area contributed by atoms with Crippen LogP contribution in [0.3, 0.4) is 0 Å². The SMILES string of the molecule is NC(=O)Cc1cccc(N2CCCCC2)c1. The molecule has 0 saturated carbocycles. The second kappa shape index (κ2) is 5.01. The molecule has 1 aromatic carbocycles. The first-order valence-electron chi connectivity index (χ1n) is 5.88. The Bertz CT molecular complexity index is 370. The zero-order chi connectivity index (χ0) is 11.4. The smallest absolute Gasteiger partial charge is 0.221 e. The van der Waals surface area contributed by atoms with Gasteiger partial charge in [-0.3, -0.25) is 4.79 Å². The maximum Gasteiger partial charge on any atom is 0.221 e. The number of amides is 1. The highest BCUT2D eigenvalue weighted by atomic mass is 16.1. The van der Waals surface area contributed by atoms with Gasteiger partial charge in [-0.05, 0) is 37.0 Å². The molecule has 3 heteroatoms. The van der Waals surface area contributed by atoms with Gasteiger partial charge in [-0.1, -0.05) is 12.1 Å². The van der Waals surface area contributed by atoms with Gasteiger partial charge >= 0.3 is 0 Å². The van der Waals surface area contributed by atoms with Crippen molar-refractivity contribution in [2.24, 2.45) is 5.73 Å². The Morgan fingerprint density at radius 2 is 2.00 bits per heavy atom. The maximum absolute atomic E-state index is 10.9. The van der Waals surface area contributed by atoms with Crippen molar-refractivity contribution in [3.63, 3.8) is 0 Å². The lowest BCUT2D eigenvalue weighted by Crippen LogP contribution is -2.29. The van der Waals surface area contributed by atoms with Crippen LogP contribution in [0.5, 0.6) is 0 Å². The van der Waals surface area contributed by atoms with Crippen molar-refractivity contribution in [1.29, 1.82) is 0 Å². The van der Waals surface area contributed by atoms with E-state index in [1.54, 1.807) is 0 Å². The summed E-state index contributed by atoms with van der Waals surface area (Å²) in [5.41, 5.74) is 7.43. The number of anilines is 1. The largest absolute Gasteiger partial charge is 0.372 e. The Morgan fingerprint density at radius 3 is 2.69 bits per heavy atom. The van der Waals surface area contributed by atoms with Gasteiger partial charge in [0.1, 0.15) is 0 Å². The van der Waals surface area contributed by atoms with E-state index in [1.807, 2.05) is 12.1 Å². The van der Waals surface area contributed by atoms with Crippen LogP contribution in [0, 0.1) is 0 Å². The van der Waals surface area contributed by atoms with Gasteiger partial charge in [0.2, 0.25) is 5.91 Å². The molecule has 0 bridgehead atoms. The summed E-state index contributed by atoms with van der Waals surface area (Å²) < 4.78 is 0. The van der Waals surface area contributed by atoms with Crippen LogP contribution in [0.15, 0.2) is 24.3 Å². The Balaban J connectivity index is 2.11. The maximum atomic E-state index is 10.9. The number of nitrogens with zero attached hydrogens (tertiary/aromatic N) is 1. The van der Waals surface area contributed by atoms with E-state index in [0.717, 1.165) is 18.7 Å². The van der Waals surface area contributed by atoms with E-state index in [0.29, 0.717) is 6.42 Å². The topological polar surface area (TPSA) is 46.3 Å². The lowest BCUT2D eigenvalue weighted by atomic mass is 10.1. The molecule has 1 amide bonds. The van der Waals surface area contributed by atoms with Crippen LogP contribution in [-0.4, -0.2) is 19.0 Å². The third kappa shape index (κ3) is 2.75. The van der Waals surface area contributed by atoms with Crippen molar-refractivity contribution < 1.29 is 4.79 Å². The summed E-state index contributed by atoms with van der Waals surface area (Å²) >= 11 is 0. The number of nitrogens with two attached hydrogens (primary N) is 1. The molecule has 0 unspecified atom stereocenters. The van der Waals surface area contributed by atoms with Gasteiger partial charge in [-0.2, -0.15) is 0 Å². The number of hydrogen-bond acceptors (Lipinski definition) is 2. The van der Waals surface area contributed by atoms with Crippen molar-refractivity contribution in [3.8, 4) is 0 Å². The van der Waals surface area contributed by atoms with Gasteiger partial charge in [0.15, 0.2) is 0 Å². The normalized spacial score (nSPS) is 16.1. The van der Waals surface area contributed by atoms with E-state index < -0.39 is 0 Å². The molecular weight excluding hydrogens is 200 g/mol. The third-order valence-electron chi connectivity index (χ3n) is 3.01. The minimum Gasteiger partial charge on any atom is -0.372 e. The molecule has 16 heavy (non-hydrogen) atoms. The molecule has 3 nitrogen and oxygen atoms in total. The molecule has 1 heterocycles. The van der Waals surface area contributed by atoms with Gasteiger partial charge in [0, 0.05) is 18.8 Å². The summed E-state index contributed by atoms with van der Waals surface area (Å²) in [5.74, 6) is -0.268. The van der Waals surface area contributed by atoms with Crippen LogP contribution in [0.2, 0.25) is 0 Å². The van der Waals surface area contributed by atoms with Crippen LogP contribution < -0.4 is 10.6 Å². The number of primary amides is 1. The van der Waals surface area contributed by atoms with Crippen LogP contribution in [0.1, 0.15) is 24.8 Å². The van der Waals surface area contributed by atoms with Crippen LogP contribution in [0.4, 0.5) is 5.69 Å². The molecule has 2 rings (SSSR count). The van der Waals surface area contributed by atoms with Gasteiger partial charge in [-0.25, -0.2) is 0 Å². The molecule has 2 N–H and O–H groups in total. The number of rotatable bonds is 3. The minimum atomic E-state index is -0.268. The molecule has 0 radical (unpaired) electrons. The fourth-order valence-electron chi connectivity index (χ4n) is 2.22. The Morgan fingerprint density at radius 1 is 1.25 bits per heavy atom. The fourth-order valence-corrected chi connectivity index (χ4v) is 2.22. The summed E-state index contributed by atoms with van der Waals surface area (Å²) in [6.07, 6.45) is 4.19. The van der Waals surface area contributed by atoms with Crippen molar-refractivity contribution >= 4 is 11.6 Å². The lowest BCUT2D eigenvalue weighted by molar-refractivity contribution is -0.117. The number of benzene rings is 1. The summed E-state index contributed by atoms with van der Waals surface area (Å²) in [6.45, 7) is 2.25. The predicted octanol–water partition coefficient (Wildman–Crippen LogP) is 1.70. The molecule has 1 saturated heterocycles. The zero-order valence-corrected chi connectivity index (χ0v) is 9.48. The Labute approximate surface area is 96.2 Å². The van der Waals surface area contributed by atoms with Crippen LogP contribution in [0.25, 0.3) is 0 Å². The molecule has 0 spiro atoms. The highest BCUT2D eigenvalue weighted by molar-refractivity contribution is 5.77. The van der Waals surface area contributed by atoms with E-state index in [1.165, 1.54) is 24.9 Å². The molecule has 1 fully saturated rings. The molecule has 1 aromatic rings. The lowest BCUT2D eigenvalue weighted by Gasteiger charge is -2.29. The fraction of sp³-hybridized carbons (Fsp3) is 0.462. The second-order valence-electron chi connectivity index (χ2n) is 4.36. The molecular formula is C13H18N2O. The number of hydrogen-bond donors (Lipinski definition) is 1.